The Bertz CT molecular complexity index is 737. The quantitative estimate of drug-likeness (QED) is 0.849. The Morgan fingerprint density at radius 3 is 3.05 bits per heavy atom. The third kappa shape index (κ3) is 1.65. The Balaban J connectivity index is 1.69. The maximum absolute atomic E-state index is 9.81. The summed E-state index contributed by atoms with van der Waals surface area (Å²) in [5.74, 6) is 2.89. The van der Waals surface area contributed by atoms with Gasteiger partial charge in [0.25, 0.3) is 0 Å². The van der Waals surface area contributed by atoms with Crippen LogP contribution in [0.2, 0.25) is 0 Å². The molecular formula is C18H21NO3. The molecule has 5 atom stereocenters. The molecule has 22 heavy (non-hydrogen) atoms. The van der Waals surface area contributed by atoms with Crippen LogP contribution < -0.4 is 0 Å². The minimum absolute atomic E-state index is 0.282. The van der Waals surface area contributed by atoms with Crippen molar-refractivity contribution in [1.29, 1.82) is 0 Å². The van der Waals surface area contributed by atoms with Gasteiger partial charge >= 0.3 is 0 Å². The first-order valence-corrected chi connectivity index (χ1v) is 8.34. The highest BCUT2D eigenvalue weighted by Crippen LogP contribution is 2.51. The molecule has 2 N–H and O–H groups in total. The van der Waals surface area contributed by atoms with Gasteiger partial charge in [-0.15, -0.1) is 0 Å². The lowest BCUT2D eigenvalue weighted by Crippen LogP contribution is -2.57. The molecule has 4 bridgehead atoms. The number of hydrogen-bond acceptors (Lipinski definition) is 4. The van der Waals surface area contributed by atoms with Crippen LogP contribution >= 0.6 is 0 Å². The summed E-state index contributed by atoms with van der Waals surface area (Å²) in [6.07, 6.45) is 3.31. The van der Waals surface area contributed by atoms with E-state index in [9.17, 15) is 10.2 Å². The fourth-order valence-electron chi connectivity index (χ4n) is 5.30. The number of aliphatic hydroxyl groups is 1. The second kappa shape index (κ2) is 4.49. The van der Waals surface area contributed by atoms with Gasteiger partial charge in [-0.1, -0.05) is 0 Å². The zero-order valence-corrected chi connectivity index (χ0v) is 12.5. The summed E-state index contributed by atoms with van der Waals surface area (Å²) in [7, 11) is 0. The fourth-order valence-corrected chi connectivity index (χ4v) is 5.30. The SMILES string of the molecule is OC[C@H]1C[C@H]2C[C@H]3c4oc5ccc(O)cc5c4CCN(C2)C13. The van der Waals surface area contributed by atoms with Crippen LogP contribution in [-0.4, -0.2) is 40.9 Å². The predicted molar refractivity (Wildman–Crippen MR) is 83.0 cm³/mol. The van der Waals surface area contributed by atoms with E-state index in [4.69, 9.17) is 4.42 Å². The number of piperidine rings is 2. The van der Waals surface area contributed by atoms with Crippen molar-refractivity contribution in [3.63, 3.8) is 0 Å². The molecule has 2 unspecified atom stereocenters. The Morgan fingerprint density at radius 2 is 2.18 bits per heavy atom. The fraction of sp³-hybridized carbons (Fsp3) is 0.556. The van der Waals surface area contributed by atoms with Crippen LogP contribution in [0.4, 0.5) is 0 Å². The average molecular weight is 299 g/mol. The van der Waals surface area contributed by atoms with Crippen LogP contribution in [0.3, 0.4) is 0 Å². The minimum atomic E-state index is 0.282. The molecule has 4 heterocycles. The maximum atomic E-state index is 9.81. The number of benzene rings is 1. The van der Waals surface area contributed by atoms with E-state index < -0.39 is 0 Å². The van der Waals surface area contributed by atoms with Crippen LogP contribution in [0.1, 0.15) is 30.1 Å². The Hall–Kier alpha value is -1.52. The third-order valence-electron chi connectivity index (χ3n) is 6.06. The van der Waals surface area contributed by atoms with Crippen molar-refractivity contribution in [3.8, 4) is 5.75 Å². The largest absolute Gasteiger partial charge is 0.508 e. The maximum Gasteiger partial charge on any atom is 0.134 e. The Kier molecular flexibility index (Phi) is 2.65. The smallest absolute Gasteiger partial charge is 0.134 e. The van der Waals surface area contributed by atoms with Crippen LogP contribution in [-0.2, 0) is 6.42 Å². The lowest BCUT2D eigenvalue weighted by molar-refractivity contribution is -0.0349. The van der Waals surface area contributed by atoms with Crippen molar-refractivity contribution >= 4 is 11.0 Å². The molecule has 3 fully saturated rings. The first-order valence-electron chi connectivity index (χ1n) is 8.34. The van der Waals surface area contributed by atoms with Gasteiger partial charge in [0.05, 0.1) is 0 Å². The first-order chi connectivity index (χ1) is 10.7. The standard InChI is InChI=1S/C18H21NO3/c20-9-11-5-10-6-15-17(11)19(8-10)4-3-13-14-7-12(21)1-2-16(14)22-18(13)15/h1-2,7,10-11,15,17,20-21H,3-6,8-9H2/t10-,11+,15+,17?/m0/s1. The monoisotopic (exact) mass is 299 g/mol. The molecule has 2 saturated heterocycles. The van der Waals surface area contributed by atoms with Gasteiger partial charge < -0.3 is 14.6 Å². The number of phenols is 1. The number of nitrogens with zero attached hydrogens (tertiary/aromatic N) is 1. The molecule has 116 valence electrons. The van der Waals surface area contributed by atoms with Gasteiger partial charge in [-0.2, -0.15) is 0 Å². The van der Waals surface area contributed by atoms with E-state index in [-0.39, 0.29) is 6.61 Å². The molecule has 4 nitrogen and oxygen atoms in total. The number of furan rings is 1. The van der Waals surface area contributed by atoms with Crippen molar-refractivity contribution in [1.82, 2.24) is 4.90 Å². The summed E-state index contributed by atoms with van der Waals surface area (Å²) in [5.41, 5.74) is 2.17. The molecule has 1 aromatic carbocycles. The second-order valence-corrected chi connectivity index (χ2v) is 7.25. The molecule has 1 aliphatic carbocycles. The summed E-state index contributed by atoms with van der Waals surface area (Å²) in [6, 6.07) is 5.83. The highest BCUT2D eigenvalue weighted by molar-refractivity contribution is 5.84. The highest BCUT2D eigenvalue weighted by atomic mass is 16.3. The highest BCUT2D eigenvalue weighted by Gasteiger charge is 2.49. The molecule has 1 aromatic heterocycles. The molecule has 0 amide bonds. The number of phenolic OH excluding ortho intramolecular Hbond substituents is 1. The number of rotatable bonds is 1. The lowest BCUT2D eigenvalue weighted by atomic mass is 9.66. The van der Waals surface area contributed by atoms with E-state index in [2.05, 4.69) is 4.90 Å². The second-order valence-electron chi connectivity index (χ2n) is 7.25. The number of aromatic hydroxyl groups is 1. The number of aliphatic hydroxyl groups excluding tert-OH is 1. The summed E-state index contributed by atoms with van der Waals surface area (Å²) in [5, 5.41) is 20.7. The molecule has 4 heteroatoms. The zero-order chi connectivity index (χ0) is 14.8. The summed E-state index contributed by atoms with van der Waals surface area (Å²) in [4.78, 5) is 2.58. The van der Waals surface area contributed by atoms with Gasteiger partial charge in [0, 0.05) is 42.6 Å². The van der Waals surface area contributed by atoms with Crippen molar-refractivity contribution in [2.75, 3.05) is 19.7 Å². The van der Waals surface area contributed by atoms with E-state index in [1.807, 2.05) is 12.1 Å². The van der Waals surface area contributed by atoms with Crippen molar-refractivity contribution < 1.29 is 14.6 Å². The normalized spacial score (nSPS) is 36.3. The van der Waals surface area contributed by atoms with Crippen LogP contribution in [0.5, 0.6) is 5.75 Å². The summed E-state index contributed by atoms with van der Waals surface area (Å²) >= 11 is 0. The van der Waals surface area contributed by atoms with Gasteiger partial charge in [0.1, 0.15) is 17.1 Å². The number of hydrogen-bond donors (Lipinski definition) is 2. The van der Waals surface area contributed by atoms with Crippen LogP contribution in [0.25, 0.3) is 11.0 Å². The molecule has 3 aliphatic heterocycles. The molecule has 0 spiro atoms. The van der Waals surface area contributed by atoms with Crippen LogP contribution in [0.15, 0.2) is 22.6 Å². The third-order valence-corrected chi connectivity index (χ3v) is 6.06. The summed E-state index contributed by atoms with van der Waals surface area (Å²) in [6.45, 7) is 2.49. The first kappa shape index (κ1) is 13.0. The van der Waals surface area contributed by atoms with E-state index in [1.165, 1.54) is 18.5 Å². The predicted octanol–water partition coefficient (Wildman–Crippen LogP) is 2.48. The van der Waals surface area contributed by atoms with Gasteiger partial charge in [-0.25, -0.2) is 0 Å². The van der Waals surface area contributed by atoms with E-state index in [0.717, 1.165) is 36.1 Å². The van der Waals surface area contributed by atoms with Crippen molar-refractivity contribution in [3.05, 3.63) is 29.5 Å². The Labute approximate surface area is 129 Å². The van der Waals surface area contributed by atoms with E-state index >= 15 is 0 Å². The zero-order valence-electron chi connectivity index (χ0n) is 12.5. The van der Waals surface area contributed by atoms with E-state index in [0.29, 0.717) is 29.5 Å². The molecule has 0 radical (unpaired) electrons. The van der Waals surface area contributed by atoms with Gasteiger partial charge in [0.15, 0.2) is 0 Å². The molecule has 4 aliphatic rings. The molecule has 6 rings (SSSR count). The van der Waals surface area contributed by atoms with Crippen molar-refractivity contribution in [2.24, 2.45) is 11.8 Å². The molecule has 1 saturated carbocycles. The molecule has 2 aromatic rings. The summed E-state index contributed by atoms with van der Waals surface area (Å²) < 4.78 is 6.24. The molecular weight excluding hydrogens is 278 g/mol. The van der Waals surface area contributed by atoms with Gasteiger partial charge in [0.2, 0.25) is 0 Å². The van der Waals surface area contributed by atoms with Gasteiger partial charge in [-0.05, 0) is 49.3 Å². The topological polar surface area (TPSA) is 56.8 Å². The minimum Gasteiger partial charge on any atom is -0.508 e. The Morgan fingerprint density at radius 1 is 1.27 bits per heavy atom. The van der Waals surface area contributed by atoms with Crippen LogP contribution in [0, 0.1) is 11.8 Å². The number of fused-ring (bicyclic) bond motifs is 4. The van der Waals surface area contributed by atoms with Gasteiger partial charge in [-0.3, -0.25) is 4.90 Å². The van der Waals surface area contributed by atoms with Crippen molar-refractivity contribution in [2.45, 2.75) is 31.2 Å². The average Bonchev–Trinajstić information content (AvgIpc) is 2.85. The lowest BCUT2D eigenvalue weighted by Gasteiger charge is -2.52. The van der Waals surface area contributed by atoms with E-state index in [1.54, 1.807) is 6.07 Å².